The maximum Gasteiger partial charge on any atom is 0.226 e. The summed E-state index contributed by atoms with van der Waals surface area (Å²) in [5.74, 6) is 0.617. The average molecular weight is 359 g/mol. The Kier molecular flexibility index (Phi) is 6.15. The first-order chi connectivity index (χ1) is 12.1. The molecule has 1 fully saturated rings. The summed E-state index contributed by atoms with van der Waals surface area (Å²) in [7, 11) is 0. The van der Waals surface area contributed by atoms with Crippen LogP contribution >= 0.6 is 11.3 Å². The molecule has 0 aromatic carbocycles. The van der Waals surface area contributed by atoms with Crippen LogP contribution in [-0.4, -0.2) is 46.5 Å². The number of hydrogen-bond acceptors (Lipinski definition) is 5. The van der Waals surface area contributed by atoms with Crippen LogP contribution in [-0.2, 0) is 11.2 Å². The second-order valence-corrected chi connectivity index (χ2v) is 7.82. The van der Waals surface area contributed by atoms with E-state index in [9.17, 15) is 4.79 Å². The summed E-state index contributed by atoms with van der Waals surface area (Å²) in [5, 5.41) is 5.97. The summed E-state index contributed by atoms with van der Waals surface area (Å²) in [6.07, 6.45) is 6.31. The van der Waals surface area contributed by atoms with Gasteiger partial charge in [-0.2, -0.15) is 0 Å². The number of carbonyl (C=O) groups excluding carboxylic acids is 1. The molecule has 1 amide bonds. The van der Waals surface area contributed by atoms with E-state index < -0.39 is 0 Å². The van der Waals surface area contributed by atoms with Crippen LogP contribution in [0.5, 0.6) is 0 Å². The van der Waals surface area contributed by atoms with E-state index in [0.717, 1.165) is 29.4 Å². The largest absolute Gasteiger partial charge is 0.355 e. The summed E-state index contributed by atoms with van der Waals surface area (Å²) in [6, 6.07) is 4.46. The lowest BCUT2D eigenvalue weighted by Gasteiger charge is -2.35. The smallest absolute Gasteiger partial charge is 0.226 e. The molecule has 2 aromatic heterocycles. The van der Waals surface area contributed by atoms with Gasteiger partial charge in [0.1, 0.15) is 5.01 Å². The molecule has 3 rings (SSSR count). The van der Waals surface area contributed by atoms with Gasteiger partial charge in [0.25, 0.3) is 0 Å². The van der Waals surface area contributed by atoms with Crippen molar-refractivity contribution in [2.75, 3.05) is 19.6 Å². The molecule has 134 valence electrons. The summed E-state index contributed by atoms with van der Waals surface area (Å²) in [4.78, 5) is 23.4. The Labute approximate surface area is 153 Å². The number of hydrogen-bond donors (Lipinski definition) is 1. The van der Waals surface area contributed by atoms with Gasteiger partial charge in [0.05, 0.1) is 12.1 Å². The molecule has 1 N–H and O–H groups in total. The summed E-state index contributed by atoms with van der Waals surface area (Å²) in [6.45, 7) is 7.51. The molecule has 5 nitrogen and oxygen atoms in total. The molecule has 1 saturated heterocycles. The highest BCUT2D eigenvalue weighted by molar-refractivity contribution is 7.13. The maximum atomic E-state index is 12.2. The topological polar surface area (TPSA) is 58.1 Å². The van der Waals surface area contributed by atoms with Crippen molar-refractivity contribution in [3.05, 3.63) is 35.6 Å². The Morgan fingerprint density at radius 2 is 2.36 bits per heavy atom. The zero-order valence-corrected chi connectivity index (χ0v) is 15.8. The second-order valence-electron chi connectivity index (χ2n) is 6.96. The van der Waals surface area contributed by atoms with E-state index in [2.05, 4.69) is 34.0 Å². The van der Waals surface area contributed by atoms with Crippen LogP contribution in [0.4, 0.5) is 0 Å². The molecule has 1 atom stereocenters. The van der Waals surface area contributed by atoms with Gasteiger partial charge in [-0.1, -0.05) is 0 Å². The fraction of sp³-hybridized carbons (Fsp3) is 0.526. The van der Waals surface area contributed by atoms with Crippen LogP contribution in [0, 0.1) is 5.92 Å². The van der Waals surface area contributed by atoms with Crippen molar-refractivity contribution in [2.24, 2.45) is 5.92 Å². The van der Waals surface area contributed by atoms with E-state index in [-0.39, 0.29) is 5.91 Å². The van der Waals surface area contributed by atoms with Crippen molar-refractivity contribution in [3.63, 3.8) is 0 Å². The molecule has 0 unspecified atom stereocenters. The first-order valence-corrected chi connectivity index (χ1v) is 9.85. The molecule has 2 aromatic rings. The highest BCUT2D eigenvalue weighted by atomic mass is 32.1. The van der Waals surface area contributed by atoms with Gasteiger partial charge in [-0.3, -0.25) is 9.78 Å². The first kappa shape index (κ1) is 18.0. The quantitative estimate of drug-likeness (QED) is 0.862. The lowest BCUT2D eigenvalue weighted by molar-refractivity contribution is -0.120. The minimum atomic E-state index is 0.0599. The van der Waals surface area contributed by atoms with Crippen molar-refractivity contribution in [3.8, 4) is 10.6 Å². The molecule has 0 aliphatic carbocycles. The predicted molar refractivity (Wildman–Crippen MR) is 101 cm³/mol. The molecule has 1 aliphatic heterocycles. The number of nitrogens with one attached hydrogen (secondary N) is 1. The summed E-state index contributed by atoms with van der Waals surface area (Å²) < 4.78 is 0. The molecule has 0 bridgehead atoms. The fourth-order valence-corrected chi connectivity index (χ4v) is 4.04. The fourth-order valence-electron chi connectivity index (χ4n) is 3.23. The van der Waals surface area contributed by atoms with Gasteiger partial charge in [0.2, 0.25) is 5.91 Å². The zero-order valence-electron chi connectivity index (χ0n) is 14.9. The minimum absolute atomic E-state index is 0.0599. The van der Waals surface area contributed by atoms with E-state index >= 15 is 0 Å². The number of rotatable bonds is 6. The molecular formula is C19H26N4OS. The van der Waals surface area contributed by atoms with Crippen LogP contribution in [0.3, 0.4) is 0 Å². The van der Waals surface area contributed by atoms with Crippen molar-refractivity contribution in [2.45, 2.75) is 39.2 Å². The normalized spacial score (nSPS) is 18.4. The summed E-state index contributed by atoms with van der Waals surface area (Å²) >= 11 is 1.56. The average Bonchev–Trinajstić information content (AvgIpc) is 3.09. The lowest BCUT2D eigenvalue weighted by atomic mass is 9.97. The number of aromatic nitrogens is 2. The third-order valence-electron chi connectivity index (χ3n) is 4.67. The number of likely N-dealkylation sites (tertiary alicyclic amines) is 1. The van der Waals surface area contributed by atoms with E-state index in [1.165, 1.54) is 19.4 Å². The number of thiazole rings is 1. The number of piperidine rings is 1. The van der Waals surface area contributed by atoms with Gasteiger partial charge in [-0.25, -0.2) is 4.98 Å². The Bertz CT molecular complexity index is 686. The Morgan fingerprint density at radius 1 is 1.48 bits per heavy atom. The molecule has 25 heavy (non-hydrogen) atoms. The van der Waals surface area contributed by atoms with E-state index in [1.807, 2.05) is 17.5 Å². The molecule has 1 aliphatic rings. The van der Waals surface area contributed by atoms with Crippen molar-refractivity contribution >= 4 is 17.2 Å². The van der Waals surface area contributed by atoms with E-state index in [4.69, 9.17) is 0 Å². The third-order valence-corrected chi connectivity index (χ3v) is 5.61. The number of carbonyl (C=O) groups is 1. The summed E-state index contributed by atoms with van der Waals surface area (Å²) in [5.41, 5.74) is 1.82. The number of nitrogens with zero attached hydrogens (tertiary/aromatic N) is 3. The van der Waals surface area contributed by atoms with Crippen molar-refractivity contribution < 1.29 is 4.79 Å². The molecule has 0 spiro atoms. The van der Waals surface area contributed by atoms with Crippen LogP contribution in [0.2, 0.25) is 0 Å². The van der Waals surface area contributed by atoms with Crippen LogP contribution in [0.15, 0.2) is 29.9 Å². The van der Waals surface area contributed by atoms with Crippen LogP contribution in [0.1, 0.15) is 32.4 Å². The number of pyridine rings is 1. The monoisotopic (exact) mass is 358 g/mol. The van der Waals surface area contributed by atoms with Crippen molar-refractivity contribution in [1.29, 1.82) is 0 Å². The van der Waals surface area contributed by atoms with Gasteiger partial charge in [-0.05, 0) is 51.3 Å². The minimum Gasteiger partial charge on any atom is -0.355 e. The molecule has 0 radical (unpaired) electrons. The molecular weight excluding hydrogens is 332 g/mol. The van der Waals surface area contributed by atoms with Crippen molar-refractivity contribution in [1.82, 2.24) is 20.2 Å². The standard InChI is InChI=1S/C19H26N4OS/c1-14(2)23-8-4-5-15(12-23)10-21-18(24)9-17-13-25-19(22-17)16-6-3-7-20-11-16/h3,6-7,11,13-15H,4-5,8-10,12H2,1-2H3,(H,21,24)/t15-/m0/s1. The van der Waals surface area contributed by atoms with E-state index in [1.54, 1.807) is 23.7 Å². The predicted octanol–water partition coefficient (Wildman–Crippen LogP) is 2.98. The Hall–Kier alpha value is -1.79. The second kappa shape index (κ2) is 8.54. The van der Waals surface area contributed by atoms with Gasteiger partial charge < -0.3 is 10.2 Å². The van der Waals surface area contributed by atoms with Gasteiger partial charge in [0.15, 0.2) is 0 Å². The zero-order chi connectivity index (χ0) is 17.6. The maximum absolute atomic E-state index is 12.2. The van der Waals surface area contributed by atoms with Crippen LogP contribution < -0.4 is 5.32 Å². The van der Waals surface area contributed by atoms with E-state index in [0.29, 0.717) is 18.4 Å². The number of amides is 1. The van der Waals surface area contributed by atoms with Gasteiger partial charge in [0, 0.05) is 42.5 Å². The van der Waals surface area contributed by atoms with Gasteiger partial charge >= 0.3 is 0 Å². The Morgan fingerprint density at radius 3 is 3.12 bits per heavy atom. The third kappa shape index (κ3) is 5.09. The van der Waals surface area contributed by atoms with Crippen LogP contribution in [0.25, 0.3) is 10.6 Å². The Balaban J connectivity index is 1.47. The molecule has 3 heterocycles. The molecule has 6 heteroatoms. The highest BCUT2D eigenvalue weighted by Crippen LogP contribution is 2.23. The molecule has 0 saturated carbocycles. The SMILES string of the molecule is CC(C)N1CCC[C@@H](CNC(=O)Cc2csc(-c3cccnc3)n2)C1. The first-order valence-electron chi connectivity index (χ1n) is 8.97. The van der Waals surface area contributed by atoms with Gasteiger partial charge in [-0.15, -0.1) is 11.3 Å². The lowest BCUT2D eigenvalue weighted by Crippen LogP contribution is -2.44. The highest BCUT2D eigenvalue weighted by Gasteiger charge is 2.22.